The minimum atomic E-state index is -0.638. The minimum absolute atomic E-state index is 0.207. The van der Waals surface area contributed by atoms with Gasteiger partial charge in [-0.3, -0.25) is 4.79 Å². The summed E-state index contributed by atoms with van der Waals surface area (Å²) in [6.07, 6.45) is 14.6. The molecule has 0 aromatic heterocycles. The summed E-state index contributed by atoms with van der Waals surface area (Å²) in [5.74, 6) is 2.54. The monoisotopic (exact) mass is 386 g/mol. The lowest BCUT2D eigenvalue weighted by Crippen LogP contribution is -2.60. The molecule has 4 heteroatoms. The molecule has 0 radical (unpaired) electrons. The molecule has 8 aliphatic rings. The van der Waals surface area contributed by atoms with E-state index in [0.717, 1.165) is 49.7 Å². The van der Waals surface area contributed by atoms with Gasteiger partial charge in [0.15, 0.2) is 0 Å². The molecule has 8 aliphatic carbocycles. The summed E-state index contributed by atoms with van der Waals surface area (Å²) in [5.41, 5.74) is -0.932. The van der Waals surface area contributed by atoms with Gasteiger partial charge in [0.1, 0.15) is 17.8 Å². The Balaban J connectivity index is 1.18. The van der Waals surface area contributed by atoms with Crippen molar-refractivity contribution < 1.29 is 19.4 Å². The SMILES string of the molecule is O=CC(CC12CC3CC(CC(C3)C1)C2)C(=O)OC12CC3CC(CC(O)(C3)C1)C2. The second-order valence-corrected chi connectivity index (χ2v) is 12.2. The van der Waals surface area contributed by atoms with Crippen LogP contribution < -0.4 is 0 Å². The van der Waals surface area contributed by atoms with Crippen LogP contribution in [0.4, 0.5) is 0 Å². The molecule has 8 rings (SSSR count). The van der Waals surface area contributed by atoms with Gasteiger partial charge in [0.25, 0.3) is 0 Å². The predicted octanol–water partition coefficient (Wildman–Crippen LogP) is 4.03. The normalized spacial score (nSPS) is 54.0. The number of esters is 1. The van der Waals surface area contributed by atoms with E-state index in [1.807, 2.05) is 0 Å². The topological polar surface area (TPSA) is 63.6 Å². The summed E-state index contributed by atoms with van der Waals surface area (Å²) < 4.78 is 6.15. The first-order valence-corrected chi connectivity index (χ1v) is 11.8. The lowest BCUT2D eigenvalue weighted by molar-refractivity contribution is -0.222. The van der Waals surface area contributed by atoms with Gasteiger partial charge in [0, 0.05) is 6.42 Å². The van der Waals surface area contributed by atoms with Crippen molar-refractivity contribution in [3.05, 3.63) is 0 Å². The standard InChI is InChI=1S/C24H34O4/c25-13-20(12-22-5-15-1-16(6-22)3-17(2-15)7-22)21(26)28-24-10-18-4-19(11-24)9-23(27,8-18)14-24/h13,15-20,27H,1-12,14H2. The largest absolute Gasteiger partial charge is 0.458 e. The van der Waals surface area contributed by atoms with Crippen molar-refractivity contribution in [3.63, 3.8) is 0 Å². The van der Waals surface area contributed by atoms with E-state index in [2.05, 4.69) is 0 Å². The van der Waals surface area contributed by atoms with Crippen molar-refractivity contribution >= 4 is 12.3 Å². The fraction of sp³-hybridized carbons (Fsp3) is 0.917. The highest BCUT2D eigenvalue weighted by molar-refractivity contribution is 5.88. The Morgan fingerprint density at radius 3 is 1.93 bits per heavy atom. The van der Waals surface area contributed by atoms with E-state index in [9.17, 15) is 14.7 Å². The highest BCUT2D eigenvalue weighted by Crippen LogP contribution is 2.62. The third-order valence-electron chi connectivity index (χ3n) is 9.58. The van der Waals surface area contributed by atoms with Gasteiger partial charge < -0.3 is 14.6 Å². The molecule has 4 nitrogen and oxygen atoms in total. The molecular weight excluding hydrogens is 352 g/mol. The number of aliphatic hydroxyl groups is 1. The van der Waals surface area contributed by atoms with Crippen LogP contribution in [0.3, 0.4) is 0 Å². The van der Waals surface area contributed by atoms with E-state index in [4.69, 9.17) is 4.74 Å². The number of hydrogen-bond acceptors (Lipinski definition) is 4. The van der Waals surface area contributed by atoms with E-state index in [0.29, 0.717) is 24.7 Å². The molecule has 0 aromatic rings. The Morgan fingerprint density at radius 1 is 0.893 bits per heavy atom. The minimum Gasteiger partial charge on any atom is -0.458 e. The molecule has 0 amide bonds. The number of hydrogen-bond donors (Lipinski definition) is 1. The molecular formula is C24H34O4. The van der Waals surface area contributed by atoms with Crippen molar-refractivity contribution in [1.82, 2.24) is 0 Å². The number of carbonyl (C=O) groups excluding carboxylic acids is 2. The van der Waals surface area contributed by atoms with Gasteiger partial charge in [-0.25, -0.2) is 0 Å². The van der Waals surface area contributed by atoms with Crippen molar-refractivity contribution in [1.29, 1.82) is 0 Å². The Bertz CT molecular complexity index is 647. The summed E-state index contributed by atoms with van der Waals surface area (Å²) in [6, 6.07) is 0. The smallest absolute Gasteiger partial charge is 0.316 e. The van der Waals surface area contributed by atoms with Gasteiger partial charge in [0.05, 0.1) is 5.60 Å². The van der Waals surface area contributed by atoms with Crippen LogP contribution in [-0.2, 0) is 14.3 Å². The summed E-state index contributed by atoms with van der Waals surface area (Å²) in [7, 11) is 0. The molecule has 154 valence electrons. The molecule has 0 heterocycles. The van der Waals surface area contributed by atoms with Crippen LogP contribution in [0.5, 0.6) is 0 Å². The van der Waals surface area contributed by atoms with Gasteiger partial charge in [-0.1, -0.05) is 0 Å². The molecule has 3 unspecified atom stereocenters. The average Bonchev–Trinajstić information content (AvgIpc) is 2.55. The van der Waals surface area contributed by atoms with Gasteiger partial charge >= 0.3 is 5.97 Å². The van der Waals surface area contributed by atoms with Crippen LogP contribution in [0.1, 0.15) is 83.5 Å². The fourth-order valence-electron chi connectivity index (χ4n) is 9.73. The summed E-state index contributed by atoms with van der Waals surface area (Å²) in [4.78, 5) is 25.1. The van der Waals surface area contributed by atoms with Crippen LogP contribution in [-0.4, -0.2) is 28.6 Å². The van der Waals surface area contributed by atoms with E-state index < -0.39 is 17.1 Å². The molecule has 8 fully saturated rings. The Hall–Kier alpha value is -0.900. The molecule has 0 spiro atoms. The second-order valence-electron chi connectivity index (χ2n) is 12.2. The maximum Gasteiger partial charge on any atom is 0.316 e. The molecule has 8 bridgehead atoms. The predicted molar refractivity (Wildman–Crippen MR) is 103 cm³/mol. The molecule has 8 saturated carbocycles. The maximum atomic E-state index is 13.2. The zero-order valence-corrected chi connectivity index (χ0v) is 16.9. The zero-order chi connectivity index (χ0) is 19.1. The molecule has 0 aliphatic heterocycles. The molecule has 1 N–H and O–H groups in total. The van der Waals surface area contributed by atoms with Crippen LogP contribution in [0, 0.1) is 40.9 Å². The number of ether oxygens (including phenoxy) is 1. The zero-order valence-electron chi connectivity index (χ0n) is 16.9. The molecule has 0 saturated heterocycles. The van der Waals surface area contributed by atoms with Crippen LogP contribution in [0.15, 0.2) is 0 Å². The summed E-state index contributed by atoms with van der Waals surface area (Å²) >= 11 is 0. The van der Waals surface area contributed by atoms with E-state index in [1.54, 1.807) is 0 Å². The molecule has 0 aromatic carbocycles. The highest BCUT2D eigenvalue weighted by Gasteiger charge is 2.60. The molecule has 3 atom stereocenters. The first kappa shape index (κ1) is 17.9. The molecule has 28 heavy (non-hydrogen) atoms. The van der Waals surface area contributed by atoms with Gasteiger partial charge in [-0.05, 0) is 112 Å². The van der Waals surface area contributed by atoms with Crippen molar-refractivity contribution in [2.75, 3.05) is 0 Å². The van der Waals surface area contributed by atoms with Crippen LogP contribution in [0.2, 0.25) is 0 Å². The van der Waals surface area contributed by atoms with Crippen molar-refractivity contribution in [2.24, 2.45) is 40.9 Å². The third-order valence-corrected chi connectivity index (χ3v) is 9.58. The lowest BCUT2D eigenvalue weighted by Gasteiger charge is -2.59. The number of rotatable bonds is 5. The van der Waals surface area contributed by atoms with E-state index in [-0.39, 0.29) is 11.4 Å². The van der Waals surface area contributed by atoms with Gasteiger partial charge in [0.2, 0.25) is 0 Å². The van der Waals surface area contributed by atoms with Crippen molar-refractivity contribution in [2.45, 2.75) is 94.7 Å². The van der Waals surface area contributed by atoms with Crippen molar-refractivity contribution in [3.8, 4) is 0 Å². The number of aldehydes is 1. The first-order chi connectivity index (χ1) is 13.4. The number of carbonyl (C=O) groups is 2. The van der Waals surface area contributed by atoms with Crippen LogP contribution >= 0.6 is 0 Å². The highest BCUT2D eigenvalue weighted by atomic mass is 16.6. The summed E-state index contributed by atoms with van der Waals surface area (Å²) in [6.45, 7) is 0. The quantitative estimate of drug-likeness (QED) is 0.440. The summed E-state index contributed by atoms with van der Waals surface area (Å²) in [5, 5.41) is 10.9. The first-order valence-electron chi connectivity index (χ1n) is 11.8. The lowest BCUT2D eigenvalue weighted by atomic mass is 9.48. The van der Waals surface area contributed by atoms with Gasteiger partial charge in [-0.2, -0.15) is 0 Å². The Morgan fingerprint density at radius 2 is 1.43 bits per heavy atom. The van der Waals surface area contributed by atoms with E-state index >= 15 is 0 Å². The van der Waals surface area contributed by atoms with E-state index in [1.165, 1.54) is 44.9 Å². The Kier molecular flexibility index (Phi) is 3.73. The maximum absolute atomic E-state index is 13.2. The second kappa shape index (κ2) is 5.83. The Labute approximate surface area is 167 Å². The van der Waals surface area contributed by atoms with Crippen LogP contribution in [0.25, 0.3) is 0 Å². The average molecular weight is 387 g/mol. The third kappa shape index (κ3) is 2.80. The fourth-order valence-corrected chi connectivity index (χ4v) is 9.73. The van der Waals surface area contributed by atoms with Gasteiger partial charge in [-0.15, -0.1) is 0 Å².